The van der Waals surface area contributed by atoms with Crippen LogP contribution in [0.1, 0.15) is 12.0 Å². The Labute approximate surface area is 109 Å². The Morgan fingerprint density at radius 1 is 1.39 bits per heavy atom. The molecule has 0 fully saturated rings. The van der Waals surface area contributed by atoms with Crippen molar-refractivity contribution in [3.63, 3.8) is 0 Å². The number of nitrogens with one attached hydrogen (secondary N) is 1. The quantitative estimate of drug-likeness (QED) is 0.854. The SMILES string of the molecule is NC(CCc1ccccc1)C(=O)Nc1nncs1. The molecule has 0 spiro atoms. The number of hydrogen-bond donors (Lipinski definition) is 2. The number of nitrogens with zero attached hydrogens (tertiary/aromatic N) is 2. The van der Waals surface area contributed by atoms with Crippen molar-refractivity contribution < 1.29 is 4.79 Å². The molecule has 0 aliphatic rings. The van der Waals surface area contributed by atoms with E-state index in [-0.39, 0.29) is 5.91 Å². The number of benzene rings is 1. The van der Waals surface area contributed by atoms with Crippen LogP contribution in [0.5, 0.6) is 0 Å². The molecule has 6 heteroatoms. The average molecular weight is 262 g/mol. The first-order valence-electron chi connectivity index (χ1n) is 5.62. The zero-order valence-electron chi connectivity index (χ0n) is 9.74. The van der Waals surface area contributed by atoms with Gasteiger partial charge in [-0.25, -0.2) is 0 Å². The van der Waals surface area contributed by atoms with Gasteiger partial charge < -0.3 is 5.73 Å². The van der Waals surface area contributed by atoms with E-state index < -0.39 is 6.04 Å². The highest BCUT2D eigenvalue weighted by molar-refractivity contribution is 7.13. The third kappa shape index (κ3) is 3.61. The summed E-state index contributed by atoms with van der Waals surface area (Å²) in [6.07, 6.45) is 1.39. The first-order valence-corrected chi connectivity index (χ1v) is 6.50. The third-order valence-electron chi connectivity index (χ3n) is 2.51. The maximum atomic E-state index is 11.7. The molecule has 1 heterocycles. The summed E-state index contributed by atoms with van der Waals surface area (Å²) in [7, 11) is 0. The van der Waals surface area contributed by atoms with E-state index in [1.165, 1.54) is 16.9 Å². The third-order valence-corrected chi connectivity index (χ3v) is 3.12. The highest BCUT2D eigenvalue weighted by Gasteiger charge is 2.14. The first kappa shape index (κ1) is 12.7. The van der Waals surface area contributed by atoms with Crippen LogP contribution in [0.25, 0.3) is 0 Å². The molecule has 5 nitrogen and oxygen atoms in total. The minimum atomic E-state index is -0.533. The Bertz CT molecular complexity index is 486. The van der Waals surface area contributed by atoms with Crippen molar-refractivity contribution in [3.05, 3.63) is 41.4 Å². The van der Waals surface area contributed by atoms with Gasteiger partial charge in [0.2, 0.25) is 11.0 Å². The molecule has 3 N–H and O–H groups in total. The van der Waals surface area contributed by atoms with Crippen LogP contribution in [0.15, 0.2) is 35.8 Å². The molecule has 18 heavy (non-hydrogen) atoms. The summed E-state index contributed by atoms with van der Waals surface area (Å²) in [5.41, 5.74) is 8.56. The molecule has 0 aliphatic carbocycles. The number of hydrogen-bond acceptors (Lipinski definition) is 5. The average Bonchev–Trinajstić information content (AvgIpc) is 2.90. The van der Waals surface area contributed by atoms with Gasteiger partial charge in [0.1, 0.15) is 5.51 Å². The smallest absolute Gasteiger partial charge is 0.243 e. The van der Waals surface area contributed by atoms with E-state index >= 15 is 0 Å². The molecular weight excluding hydrogens is 248 g/mol. The highest BCUT2D eigenvalue weighted by Crippen LogP contribution is 2.09. The van der Waals surface area contributed by atoms with E-state index in [9.17, 15) is 4.79 Å². The lowest BCUT2D eigenvalue weighted by molar-refractivity contribution is -0.117. The summed E-state index contributed by atoms with van der Waals surface area (Å²) in [6.45, 7) is 0. The van der Waals surface area contributed by atoms with Crippen molar-refractivity contribution in [2.75, 3.05) is 5.32 Å². The summed E-state index contributed by atoms with van der Waals surface area (Å²) < 4.78 is 0. The van der Waals surface area contributed by atoms with Crippen LogP contribution in [0.3, 0.4) is 0 Å². The zero-order valence-corrected chi connectivity index (χ0v) is 10.6. The Balaban J connectivity index is 1.81. The molecule has 1 amide bonds. The van der Waals surface area contributed by atoms with Crippen molar-refractivity contribution in [3.8, 4) is 0 Å². The number of amides is 1. The van der Waals surface area contributed by atoms with E-state index in [2.05, 4.69) is 15.5 Å². The topological polar surface area (TPSA) is 80.9 Å². The van der Waals surface area contributed by atoms with Gasteiger partial charge in [-0.05, 0) is 18.4 Å². The minimum absolute atomic E-state index is 0.220. The number of anilines is 1. The Hall–Kier alpha value is -1.79. The lowest BCUT2D eigenvalue weighted by Crippen LogP contribution is -2.36. The van der Waals surface area contributed by atoms with E-state index in [0.717, 1.165) is 6.42 Å². The molecule has 2 aromatic rings. The number of carbonyl (C=O) groups excluding carboxylic acids is 1. The van der Waals surface area contributed by atoms with Crippen molar-refractivity contribution in [1.82, 2.24) is 10.2 Å². The molecule has 0 saturated heterocycles. The maximum absolute atomic E-state index is 11.7. The molecule has 2 rings (SSSR count). The molecule has 0 aliphatic heterocycles. The lowest BCUT2D eigenvalue weighted by Gasteiger charge is -2.10. The Kier molecular flexibility index (Phi) is 4.38. The predicted molar refractivity (Wildman–Crippen MR) is 71.3 cm³/mol. The highest BCUT2D eigenvalue weighted by atomic mass is 32.1. The number of aryl methyl sites for hydroxylation is 1. The fourth-order valence-corrected chi connectivity index (χ4v) is 1.97. The van der Waals surface area contributed by atoms with Crippen molar-refractivity contribution >= 4 is 22.4 Å². The Morgan fingerprint density at radius 3 is 2.83 bits per heavy atom. The second kappa shape index (κ2) is 6.23. The summed E-state index contributed by atoms with van der Waals surface area (Å²) in [6, 6.07) is 9.43. The van der Waals surface area contributed by atoms with Gasteiger partial charge in [-0.2, -0.15) is 0 Å². The molecule has 1 atom stereocenters. The van der Waals surface area contributed by atoms with Gasteiger partial charge in [0.05, 0.1) is 6.04 Å². The van der Waals surface area contributed by atoms with Crippen LogP contribution in [-0.2, 0) is 11.2 Å². The minimum Gasteiger partial charge on any atom is -0.320 e. The summed E-state index contributed by atoms with van der Waals surface area (Å²) in [5.74, 6) is -0.220. The van der Waals surface area contributed by atoms with Crippen molar-refractivity contribution in [2.45, 2.75) is 18.9 Å². The summed E-state index contributed by atoms with van der Waals surface area (Å²) >= 11 is 1.27. The second-order valence-electron chi connectivity index (χ2n) is 3.86. The van der Waals surface area contributed by atoms with E-state index in [0.29, 0.717) is 11.6 Å². The molecule has 1 unspecified atom stereocenters. The predicted octanol–water partition coefficient (Wildman–Crippen LogP) is 1.44. The van der Waals surface area contributed by atoms with Crippen LogP contribution in [0.4, 0.5) is 5.13 Å². The van der Waals surface area contributed by atoms with Crippen LogP contribution in [0, 0.1) is 0 Å². The van der Waals surface area contributed by atoms with Gasteiger partial charge in [-0.1, -0.05) is 41.7 Å². The molecule has 1 aromatic heterocycles. The number of aromatic nitrogens is 2. The van der Waals surface area contributed by atoms with E-state index in [1.54, 1.807) is 5.51 Å². The molecule has 0 bridgehead atoms. The summed E-state index contributed by atoms with van der Waals surface area (Å²) in [5, 5.41) is 10.5. The fraction of sp³-hybridized carbons (Fsp3) is 0.250. The number of rotatable bonds is 5. The van der Waals surface area contributed by atoms with Gasteiger partial charge >= 0.3 is 0 Å². The standard InChI is InChI=1S/C12H14N4OS/c13-10(7-6-9-4-2-1-3-5-9)11(17)15-12-16-14-8-18-12/h1-5,8,10H,6-7,13H2,(H,15,16,17). The van der Waals surface area contributed by atoms with Crippen LogP contribution >= 0.6 is 11.3 Å². The largest absolute Gasteiger partial charge is 0.320 e. The molecular formula is C12H14N4OS. The van der Waals surface area contributed by atoms with E-state index in [4.69, 9.17) is 5.73 Å². The van der Waals surface area contributed by atoms with Gasteiger partial charge in [0.15, 0.2) is 0 Å². The van der Waals surface area contributed by atoms with Crippen LogP contribution in [0.2, 0.25) is 0 Å². The maximum Gasteiger partial charge on any atom is 0.243 e. The van der Waals surface area contributed by atoms with Crippen molar-refractivity contribution in [1.29, 1.82) is 0 Å². The van der Waals surface area contributed by atoms with Gasteiger partial charge in [-0.15, -0.1) is 10.2 Å². The van der Waals surface area contributed by atoms with Crippen LogP contribution in [-0.4, -0.2) is 22.1 Å². The molecule has 1 aromatic carbocycles. The van der Waals surface area contributed by atoms with E-state index in [1.807, 2.05) is 30.3 Å². The Morgan fingerprint density at radius 2 is 2.17 bits per heavy atom. The first-order chi connectivity index (χ1) is 8.75. The zero-order chi connectivity index (χ0) is 12.8. The van der Waals surface area contributed by atoms with Gasteiger partial charge in [0.25, 0.3) is 0 Å². The number of nitrogens with two attached hydrogens (primary N) is 1. The van der Waals surface area contributed by atoms with Crippen molar-refractivity contribution in [2.24, 2.45) is 5.73 Å². The van der Waals surface area contributed by atoms with Gasteiger partial charge in [0, 0.05) is 0 Å². The fourth-order valence-electron chi connectivity index (χ4n) is 1.52. The van der Waals surface area contributed by atoms with Gasteiger partial charge in [-0.3, -0.25) is 10.1 Å². The number of carbonyl (C=O) groups is 1. The normalized spacial score (nSPS) is 12.1. The monoisotopic (exact) mass is 262 g/mol. The molecule has 0 radical (unpaired) electrons. The molecule has 94 valence electrons. The molecule has 0 saturated carbocycles. The second-order valence-corrected chi connectivity index (χ2v) is 4.70. The lowest BCUT2D eigenvalue weighted by atomic mass is 10.1. The summed E-state index contributed by atoms with van der Waals surface area (Å²) in [4.78, 5) is 11.7. The van der Waals surface area contributed by atoms with Crippen LogP contribution < -0.4 is 11.1 Å².